The second kappa shape index (κ2) is 9.88. The third-order valence-corrected chi connectivity index (χ3v) is 8.43. The van der Waals surface area contributed by atoms with Crippen LogP contribution < -0.4 is 9.46 Å². The Kier molecular flexibility index (Phi) is 7.92. The maximum absolute atomic E-state index is 13.0. The molecule has 0 radical (unpaired) electrons. The molecule has 0 aromatic heterocycles. The lowest BCUT2D eigenvalue weighted by molar-refractivity contribution is -0.139. The molecule has 0 fully saturated rings. The topological polar surface area (TPSA) is 130 Å². The van der Waals surface area contributed by atoms with Gasteiger partial charge in [-0.05, 0) is 67.8 Å². The fourth-order valence-corrected chi connectivity index (χ4v) is 5.86. The maximum Gasteiger partial charge on any atom is 0.341 e. The van der Waals surface area contributed by atoms with E-state index in [0.717, 1.165) is 0 Å². The fourth-order valence-electron chi connectivity index (χ4n) is 3.09. The van der Waals surface area contributed by atoms with Crippen LogP contribution in [0, 0.1) is 20.8 Å². The van der Waals surface area contributed by atoms with Gasteiger partial charge in [-0.1, -0.05) is 13.8 Å². The molecule has 0 aliphatic rings. The zero-order valence-corrected chi connectivity index (χ0v) is 20.3. The van der Waals surface area contributed by atoms with Gasteiger partial charge in [0.1, 0.15) is 5.75 Å². The number of rotatable bonds is 10. The van der Waals surface area contributed by atoms with Crippen LogP contribution in [0.2, 0.25) is 0 Å². The number of nitrogens with zero attached hydrogens (tertiary/aromatic N) is 1. The van der Waals surface area contributed by atoms with E-state index in [4.69, 9.17) is 9.84 Å². The Morgan fingerprint density at radius 1 is 0.969 bits per heavy atom. The minimum atomic E-state index is -4.05. The molecule has 0 saturated heterocycles. The minimum Gasteiger partial charge on any atom is -0.482 e. The van der Waals surface area contributed by atoms with Crippen molar-refractivity contribution in [3.8, 4) is 5.75 Å². The number of carbonyl (C=O) groups is 1. The molecule has 0 bridgehead atoms. The van der Waals surface area contributed by atoms with Crippen molar-refractivity contribution in [2.45, 2.75) is 44.4 Å². The van der Waals surface area contributed by atoms with Gasteiger partial charge in [0.05, 0.1) is 15.5 Å². The molecule has 0 aliphatic carbocycles. The Morgan fingerprint density at radius 2 is 1.56 bits per heavy atom. The van der Waals surface area contributed by atoms with Gasteiger partial charge in [-0.15, -0.1) is 0 Å². The number of ether oxygens (including phenoxy) is 1. The van der Waals surface area contributed by atoms with Crippen LogP contribution in [0.15, 0.2) is 40.1 Å². The number of carboxylic acid groups (broad SMARTS) is 1. The van der Waals surface area contributed by atoms with Crippen LogP contribution in [-0.2, 0) is 24.8 Å². The van der Waals surface area contributed by atoms with Gasteiger partial charge in [-0.2, -0.15) is 4.31 Å². The molecule has 2 aromatic rings. The van der Waals surface area contributed by atoms with Gasteiger partial charge in [0.15, 0.2) is 6.61 Å². The van der Waals surface area contributed by atoms with Gasteiger partial charge in [-0.25, -0.2) is 21.6 Å². The fraction of sp³-hybridized carbons (Fsp3) is 0.381. The number of carboxylic acids is 1. The smallest absolute Gasteiger partial charge is 0.341 e. The lowest BCUT2D eigenvalue weighted by Crippen LogP contribution is -2.30. The molecule has 0 atom stereocenters. The van der Waals surface area contributed by atoms with Gasteiger partial charge in [-0.3, -0.25) is 4.72 Å². The lowest BCUT2D eigenvalue weighted by atomic mass is 10.1. The summed E-state index contributed by atoms with van der Waals surface area (Å²) in [6.07, 6.45) is 0. The van der Waals surface area contributed by atoms with Gasteiger partial charge in [0.2, 0.25) is 10.0 Å². The molecule has 0 saturated carbocycles. The number of hydrogen-bond donors (Lipinski definition) is 2. The molecule has 9 nitrogen and oxygen atoms in total. The Balaban J connectivity index is 2.44. The van der Waals surface area contributed by atoms with E-state index >= 15 is 0 Å². The van der Waals surface area contributed by atoms with Gasteiger partial charge in [0, 0.05) is 13.1 Å². The lowest BCUT2D eigenvalue weighted by Gasteiger charge is -2.21. The van der Waals surface area contributed by atoms with E-state index in [1.807, 2.05) is 0 Å². The van der Waals surface area contributed by atoms with Crippen molar-refractivity contribution in [1.82, 2.24) is 4.31 Å². The van der Waals surface area contributed by atoms with Crippen LogP contribution in [0.25, 0.3) is 0 Å². The van der Waals surface area contributed by atoms with Crippen LogP contribution in [0.5, 0.6) is 5.75 Å². The molecule has 2 rings (SSSR count). The van der Waals surface area contributed by atoms with E-state index < -0.39 is 32.6 Å². The average Bonchev–Trinajstić information content (AvgIpc) is 2.70. The Labute approximate surface area is 189 Å². The van der Waals surface area contributed by atoms with Crippen molar-refractivity contribution in [3.63, 3.8) is 0 Å². The van der Waals surface area contributed by atoms with Gasteiger partial charge in [0.25, 0.3) is 10.0 Å². The second-order valence-corrected chi connectivity index (χ2v) is 10.8. The van der Waals surface area contributed by atoms with Crippen molar-refractivity contribution >= 4 is 31.7 Å². The van der Waals surface area contributed by atoms with E-state index in [0.29, 0.717) is 29.8 Å². The number of hydrogen-bond acceptors (Lipinski definition) is 6. The molecular formula is C21H28N2O7S2. The highest BCUT2D eigenvalue weighted by Crippen LogP contribution is 2.29. The minimum absolute atomic E-state index is 0.00981. The first-order chi connectivity index (χ1) is 14.8. The first kappa shape index (κ1) is 25.6. The molecule has 2 aromatic carbocycles. The quantitative estimate of drug-likeness (QED) is 0.530. The Hall–Kier alpha value is -2.63. The predicted octanol–water partition coefficient (Wildman–Crippen LogP) is 2.91. The number of nitrogens with one attached hydrogen (secondary N) is 1. The number of aryl methyl sites for hydroxylation is 2. The first-order valence-corrected chi connectivity index (χ1v) is 12.8. The maximum atomic E-state index is 13.0. The third kappa shape index (κ3) is 5.59. The summed E-state index contributed by atoms with van der Waals surface area (Å²) in [7, 11) is -7.82. The number of anilines is 1. The summed E-state index contributed by atoms with van der Waals surface area (Å²) in [6.45, 7) is 8.53. The second-order valence-electron chi connectivity index (χ2n) is 7.22. The number of benzene rings is 2. The average molecular weight is 485 g/mol. The Bertz CT molecular complexity index is 1220. The summed E-state index contributed by atoms with van der Waals surface area (Å²) in [5.41, 5.74) is 1.84. The molecule has 0 heterocycles. The van der Waals surface area contributed by atoms with Crippen molar-refractivity contribution in [2.75, 3.05) is 24.4 Å². The monoisotopic (exact) mass is 484 g/mol. The van der Waals surface area contributed by atoms with E-state index in [9.17, 15) is 21.6 Å². The SMILES string of the molecule is CCN(CC)S(=O)(=O)c1cc(C)c(C)c(NS(=O)(=O)c2ccc(OCC(=O)O)c(C)c2)c1. The molecule has 0 spiro atoms. The standard InChI is InChI=1S/C21H28N2O7S2/c1-6-23(7-2)32(28,29)18-10-14(3)16(5)19(12-18)22-31(26,27)17-8-9-20(15(4)11-17)30-13-21(24)25/h8-12,22H,6-7,13H2,1-5H3,(H,24,25). The number of sulfonamides is 2. The number of aliphatic carboxylic acids is 1. The zero-order valence-electron chi connectivity index (χ0n) is 18.7. The van der Waals surface area contributed by atoms with Gasteiger partial charge >= 0.3 is 5.97 Å². The molecule has 11 heteroatoms. The van der Waals surface area contributed by atoms with Crippen molar-refractivity contribution in [1.29, 1.82) is 0 Å². The van der Waals surface area contributed by atoms with Crippen molar-refractivity contribution < 1.29 is 31.5 Å². The molecule has 0 amide bonds. The summed E-state index contributed by atoms with van der Waals surface area (Å²) in [4.78, 5) is 10.6. The molecule has 0 unspecified atom stereocenters. The summed E-state index contributed by atoms with van der Waals surface area (Å²) in [5, 5.41) is 8.73. The third-order valence-electron chi connectivity index (χ3n) is 5.04. The van der Waals surface area contributed by atoms with Crippen LogP contribution in [0.4, 0.5) is 5.69 Å². The van der Waals surface area contributed by atoms with E-state index in [1.165, 1.54) is 34.6 Å². The molecule has 2 N–H and O–H groups in total. The van der Waals surface area contributed by atoms with E-state index in [-0.39, 0.29) is 21.2 Å². The highest BCUT2D eigenvalue weighted by molar-refractivity contribution is 7.92. The zero-order chi connectivity index (χ0) is 24.3. The summed E-state index contributed by atoms with van der Waals surface area (Å²) < 4.78 is 60.8. The highest BCUT2D eigenvalue weighted by atomic mass is 32.2. The van der Waals surface area contributed by atoms with E-state index in [1.54, 1.807) is 34.6 Å². The van der Waals surface area contributed by atoms with Crippen LogP contribution in [0.3, 0.4) is 0 Å². The summed E-state index contributed by atoms with van der Waals surface area (Å²) in [5.74, 6) is -0.890. The summed E-state index contributed by atoms with van der Waals surface area (Å²) in [6, 6.07) is 6.89. The molecular weight excluding hydrogens is 456 g/mol. The van der Waals surface area contributed by atoms with Gasteiger partial charge < -0.3 is 9.84 Å². The normalized spacial score (nSPS) is 12.1. The Morgan fingerprint density at radius 3 is 2.09 bits per heavy atom. The summed E-state index contributed by atoms with van der Waals surface area (Å²) >= 11 is 0. The van der Waals surface area contributed by atoms with Crippen molar-refractivity contribution in [2.24, 2.45) is 0 Å². The molecule has 176 valence electrons. The van der Waals surface area contributed by atoms with Crippen molar-refractivity contribution in [3.05, 3.63) is 47.0 Å². The molecule has 0 aliphatic heterocycles. The van der Waals surface area contributed by atoms with Crippen LogP contribution >= 0.6 is 0 Å². The highest BCUT2D eigenvalue weighted by Gasteiger charge is 2.25. The van der Waals surface area contributed by atoms with Crippen LogP contribution in [0.1, 0.15) is 30.5 Å². The predicted molar refractivity (Wildman–Crippen MR) is 121 cm³/mol. The first-order valence-electron chi connectivity index (χ1n) is 9.93. The van der Waals surface area contributed by atoms with Crippen LogP contribution in [-0.4, -0.2) is 51.9 Å². The molecule has 32 heavy (non-hydrogen) atoms. The van der Waals surface area contributed by atoms with E-state index in [2.05, 4.69) is 4.72 Å². The largest absolute Gasteiger partial charge is 0.482 e.